The maximum Gasteiger partial charge on any atom is 0.262 e. The third-order valence-electron chi connectivity index (χ3n) is 3.18. The highest BCUT2D eigenvalue weighted by atomic mass is 35.5. The van der Waals surface area contributed by atoms with Crippen LogP contribution in [0.25, 0.3) is 11.1 Å². The van der Waals surface area contributed by atoms with Gasteiger partial charge in [-0.1, -0.05) is 29.8 Å². The number of ether oxygens (including phenoxy) is 1. The van der Waals surface area contributed by atoms with E-state index in [2.05, 4.69) is 5.32 Å². The zero-order valence-electron chi connectivity index (χ0n) is 10.7. The number of carbonyl (C=O) groups excluding carboxylic acids is 1. The highest BCUT2D eigenvalue weighted by Crippen LogP contribution is 2.38. The molecule has 1 heterocycles. The number of carbonyl (C=O) groups is 1. The van der Waals surface area contributed by atoms with Gasteiger partial charge >= 0.3 is 0 Å². The predicted octanol–water partition coefficient (Wildman–Crippen LogP) is 3.79. The van der Waals surface area contributed by atoms with Crippen molar-refractivity contribution >= 4 is 23.2 Å². The summed E-state index contributed by atoms with van der Waals surface area (Å²) in [6.07, 6.45) is 0. The van der Waals surface area contributed by atoms with E-state index < -0.39 is 5.82 Å². The van der Waals surface area contributed by atoms with Crippen LogP contribution in [-0.2, 0) is 4.79 Å². The predicted molar refractivity (Wildman–Crippen MR) is 75.7 cm³/mol. The van der Waals surface area contributed by atoms with Gasteiger partial charge in [-0.05, 0) is 18.6 Å². The lowest BCUT2D eigenvalue weighted by atomic mass is 10.0. The van der Waals surface area contributed by atoms with Crippen LogP contribution in [0.15, 0.2) is 30.3 Å². The Kier molecular flexibility index (Phi) is 3.10. The van der Waals surface area contributed by atoms with Crippen molar-refractivity contribution in [1.29, 1.82) is 0 Å². The minimum atomic E-state index is -0.456. The number of hydrogen-bond acceptors (Lipinski definition) is 2. The first-order valence-electron chi connectivity index (χ1n) is 6.08. The Morgan fingerprint density at radius 2 is 2.10 bits per heavy atom. The first kappa shape index (κ1) is 12.9. The van der Waals surface area contributed by atoms with E-state index in [9.17, 15) is 9.18 Å². The number of aryl methyl sites for hydroxylation is 1. The van der Waals surface area contributed by atoms with Crippen LogP contribution in [0.1, 0.15) is 5.56 Å². The fraction of sp³-hybridized carbons (Fsp3) is 0.133. The van der Waals surface area contributed by atoms with E-state index in [1.54, 1.807) is 12.1 Å². The minimum Gasteiger partial charge on any atom is -0.482 e. The molecule has 5 heteroatoms. The van der Waals surface area contributed by atoms with Gasteiger partial charge in [-0.2, -0.15) is 0 Å². The summed E-state index contributed by atoms with van der Waals surface area (Å²) < 4.78 is 19.5. The number of rotatable bonds is 1. The fourth-order valence-electron chi connectivity index (χ4n) is 2.16. The van der Waals surface area contributed by atoms with Crippen molar-refractivity contribution in [3.8, 4) is 16.9 Å². The van der Waals surface area contributed by atoms with E-state index >= 15 is 0 Å². The van der Waals surface area contributed by atoms with Gasteiger partial charge < -0.3 is 10.1 Å². The van der Waals surface area contributed by atoms with Crippen LogP contribution in [-0.4, -0.2) is 12.5 Å². The number of nitrogens with one attached hydrogen (secondary N) is 1. The summed E-state index contributed by atoms with van der Waals surface area (Å²) in [4.78, 5) is 11.2. The van der Waals surface area contributed by atoms with Crippen LogP contribution in [0.2, 0.25) is 5.02 Å². The smallest absolute Gasteiger partial charge is 0.262 e. The third kappa shape index (κ3) is 2.12. The quantitative estimate of drug-likeness (QED) is 0.868. The largest absolute Gasteiger partial charge is 0.482 e. The molecule has 0 unspecified atom stereocenters. The summed E-state index contributed by atoms with van der Waals surface area (Å²) >= 11 is 6.23. The number of amides is 1. The molecule has 0 aliphatic carbocycles. The van der Waals surface area contributed by atoms with Crippen LogP contribution in [0.5, 0.6) is 5.75 Å². The molecule has 0 bridgehead atoms. The normalized spacial score (nSPS) is 13.4. The number of fused-ring (bicyclic) bond motifs is 1. The topological polar surface area (TPSA) is 38.3 Å². The van der Waals surface area contributed by atoms with E-state index in [-0.39, 0.29) is 12.5 Å². The van der Waals surface area contributed by atoms with Gasteiger partial charge in [-0.25, -0.2) is 4.39 Å². The van der Waals surface area contributed by atoms with E-state index in [0.717, 1.165) is 5.56 Å². The molecule has 0 radical (unpaired) electrons. The molecule has 0 atom stereocenters. The molecule has 1 amide bonds. The van der Waals surface area contributed by atoms with Crippen molar-refractivity contribution in [3.63, 3.8) is 0 Å². The van der Waals surface area contributed by atoms with Gasteiger partial charge in [0.05, 0.1) is 10.7 Å². The molecular formula is C15H11ClFNO2. The van der Waals surface area contributed by atoms with Crippen molar-refractivity contribution < 1.29 is 13.9 Å². The van der Waals surface area contributed by atoms with Crippen molar-refractivity contribution in [1.82, 2.24) is 0 Å². The number of hydrogen-bond donors (Lipinski definition) is 1. The molecular weight excluding hydrogens is 281 g/mol. The van der Waals surface area contributed by atoms with Crippen LogP contribution >= 0.6 is 11.6 Å². The Morgan fingerprint density at radius 3 is 2.90 bits per heavy atom. The summed E-state index contributed by atoms with van der Waals surface area (Å²) in [6.45, 7) is 1.79. The van der Waals surface area contributed by atoms with Crippen molar-refractivity contribution in [3.05, 3.63) is 46.7 Å². The first-order valence-corrected chi connectivity index (χ1v) is 6.46. The first-order chi connectivity index (χ1) is 9.56. The van der Waals surface area contributed by atoms with Crippen molar-refractivity contribution in [2.24, 2.45) is 0 Å². The number of anilines is 1. The Bertz CT molecular complexity index is 715. The standard InChI is InChI=1S/C15H11ClFNO2/c1-8-3-2-4-9(15(8)16)10-5-13-12(6-11(10)17)18-14(19)7-20-13/h2-6H,7H2,1H3,(H,18,19). The summed E-state index contributed by atoms with van der Waals surface area (Å²) in [5.74, 6) is -0.307. The average molecular weight is 292 g/mol. The summed E-state index contributed by atoms with van der Waals surface area (Å²) in [5, 5.41) is 3.07. The van der Waals surface area contributed by atoms with Crippen LogP contribution in [0, 0.1) is 12.7 Å². The van der Waals surface area contributed by atoms with Gasteiger partial charge in [0.1, 0.15) is 11.6 Å². The molecule has 3 rings (SSSR count). The van der Waals surface area contributed by atoms with Gasteiger partial charge in [0, 0.05) is 17.2 Å². The second-order valence-corrected chi connectivity index (χ2v) is 4.98. The monoisotopic (exact) mass is 291 g/mol. The van der Waals surface area contributed by atoms with Crippen molar-refractivity contribution in [2.45, 2.75) is 6.92 Å². The molecule has 1 N–H and O–H groups in total. The fourth-order valence-corrected chi connectivity index (χ4v) is 2.39. The van der Waals surface area contributed by atoms with E-state index in [1.807, 2.05) is 19.1 Å². The maximum absolute atomic E-state index is 14.2. The van der Waals surface area contributed by atoms with Crippen LogP contribution in [0.4, 0.5) is 10.1 Å². The zero-order chi connectivity index (χ0) is 14.3. The molecule has 3 nitrogen and oxygen atoms in total. The Hall–Kier alpha value is -2.07. The highest BCUT2D eigenvalue weighted by molar-refractivity contribution is 6.34. The molecule has 1 aliphatic heterocycles. The van der Waals surface area contributed by atoms with E-state index in [1.165, 1.54) is 6.07 Å². The van der Waals surface area contributed by atoms with Gasteiger partial charge in [0.15, 0.2) is 6.61 Å². The minimum absolute atomic E-state index is 0.0698. The Morgan fingerprint density at radius 1 is 1.30 bits per heavy atom. The lowest BCUT2D eigenvalue weighted by Crippen LogP contribution is -2.25. The highest BCUT2D eigenvalue weighted by Gasteiger charge is 2.20. The number of benzene rings is 2. The van der Waals surface area contributed by atoms with Gasteiger partial charge in [-0.15, -0.1) is 0 Å². The molecule has 2 aromatic rings. The third-order valence-corrected chi connectivity index (χ3v) is 3.69. The summed E-state index contributed by atoms with van der Waals surface area (Å²) in [7, 11) is 0. The SMILES string of the molecule is Cc1cccc(-c2cc3c(cc2F)NC(=O)CO3)c1Cl. The molecule has 102 valence electrons. The lowest BCUT2D eigenvalue weighted by molar-refractivity contribution is -0.118. The molecule has 0 fully saturated rings. The zero-order valence-corrected chi connectivity index (χ0v) is 11.4. The van der Waals surface area contributed by atoms with Crippen molar-refractivity contribution in [2.75, 3.05) is 11.9 Å². The second kappa shape index (κ2) is 4.80. The maximum atomic E-state index is 14.2. The molecule has 0 saturated heterocycles. The van der Waals surface area contributed by atoms with Gasteiger partial charge in [0.2, 0.25) is 0 Å². The molecule has 0 spiro atoms. The average Bonchev–Trinajstić information content (AvgIpc) is 2.41. The summed E-state index contributed by atoms with van der Waals surface area (Å²) in [5.41, 5.74) is 2.17. The Balaban J connectivity index is 2.15. The van der Waals surface area contributed by atoms with Crippen LogP contribution < -0.4 is 10.1 Å². The van der Waals surface area contributed by atoms with E-state index in [0.29, 0.717) is 27.6 Å². The Labute approximate surface area is 120 Å². The van der Waals surface area contributed by atoms with Gasteiger partial charge in [-0.3, -0.25) is 4.79 Å². The second-order valence-electron chi connectivity index (χ2n) is 4.60. The number of halogens is 2. The molecule has 1 aliphatic rings. The molecule has 20 heavy (non-hydrogen) atoms. The molecule has 2 aromatic carbocycles. The van der Waals surface area contributed by atoms with E-state index in [4.69, 9.17) is 16.3 Å². The van der Waals surface area contributed by atoms with Gasteiger partial charge in [0.25, 0.3) is 5.91 Å². The molecule has 0 aromatic heterocycles. The summed E-state index contributed by atoms with van der Waals surface area (Å²) in [6, 6.07) is 8.24. The van der Waals surface area contributed by atoms with Crippen LogP contribution in [0.3, 0.4) is 0 Å². The molecule has 0 saturated carbocycles. The lowest BCUT2D eigenvalue weighted by Gasteiger charge is -2.19.